The summed E-state index contributed by atoms with van der Waals surface area (Å²) in [6.45, 7) is 2.08. The lowest BCUT2D eigenvalue weighted by molar-refractivity contribution is -0.149. The average Bonchev–Trinajstić information content (AvgIpc) is 2.35. The number of carboxylic acid groups (broad SMARTS) is 1. The number of fused-ring (bicyclic) bond motifs is 1. The van der Waals surface area contributed by atoms with E-state index in [1.807, 2.05) is 6.07 Å². The lowest BCUT2D eigenvalue weighted by atomic mass is 9.83. The van der Waals surface area contributed by atoms with E-state index in [-0.39, 0.29) is 0 Å². The first-order valence-electron chi connectivity index (χ1n) is 6.10. The zero-order chi connectivity index (χ0) is 12.3. The van der Waals surface area contributed by atoms with Crippen molar-refractivity contribution in [1.29, 1.82) is 0 Å². The average molecular weight is 234 g/mol. The van der Waals surface area contributed by atoms with Crippen LogP contribution in [-0.2, 0) is 16.0 Å². The van der Waals surface area contributed by atoms with E-state index in [4.69, 9.17) is 9.84 Å². The summed E-state index contributed by atoms with van der Waals surface area (Å²) in [5, 5.41) is 8.78. The van der Waals surface area contributed by atoms with Gasteiger partial charge in [-0.15, -0.1) is 0 Å². The van der Waals surface area contributed by atoms with Crippen LogP contribution in [0.4, 0.5) is 0 Å². The third-order valence-corrected chi connectivity index (χ3v) is 3.39. The van der Waals surface area contributed by atoms with E-state index < -0.39 is 12.1 Å². The molecule has 0 amide bonds. The second-order valence-electron chi connectivity index (χ2n) is 4.60. The molecule has 1 N–H and O–H groups in total. The molecule has 0 saturated heterocycles. The molecule has 0 saturated carbocycles. The molecule has 0 heterocycles. The first-order valence-corrected chi connectivity index (χ1v) is 6.10. The predicted octanol–water partition coefficient (Wildman–Crippen LogP) is 2.60. The van der Waals surface area contributed by atoms with Crippen molar-refractivity contribution in [2.75, 3.05) is 6.61 Å². The van der Waals surface area contributed by atoms with Gasteiger partial charge >= 0.3 is 5.97 Å². The first kappa shape index (κ1) is 12.1. The number of carboxylic acids is 1. The lowest BCUT2D eigenvalue weighted by Crippen LogP contribution is -2.24. The molecule has 1 aliphatic rings. The summed E-state index contributed by atoms with van der Waals surface area (Å²) in [6.07, 6.45) is 2.65. The summed E-state index contributed by atoms with van der Waals surface area (Å²) in [6, 6.07) is 8.38. The maximum atomic E-state index is 10.7. The zero-order valence-corrected chi connectivity index (χ0v) is 10.1. The van der Waals surface area contributed by atoms with Crippen LogP contribution >= 0.6 is 0 Å². The topological polar surface area (TPSA) is 46.5 Å². The number of aryl methyl sites for hydroxylation is 1. The SMILES string of the molecule is C[C@@H](OCC1CCCc2ccccc21)C(=O)O. The molecule has 2 rings (SSSR count). The molecule has 92 valence electrons. The van der Waals surface area contributed by atoms with Gasteiger partial charge in [-0.3, -0.25) is 0 Å². The Hall–Kier alpha value is -1.35. The minimum atomic E-state index is -0.894. The fraction of sp³-hybridized carbons (Fsp3) is 0.500. The van der Waals surface area contributed by atoms with Crippen molar-refractivity contribution in [3.05, 3.63) is 35.4 Å². The number of aliphatic carboxylic acids is 1. The normalized spacial score (nSPS) is 20.6. The molecule has 0 aromatic heterocycles. The number of ether oxygens (including phenoxy) is 1. The van der Waals surface area contributed by atoms with Gasteiger partial charge in [0.05, 0.1) is 6.61 Å². The van der Waals surface area contributed by atoms with Crippen molar-refractivity contribution >= 4 is 5.97 Å². The molecule has 0 fully saturated rings. The molecule has 0 radical (unpaired) electrons. The molecular weight excluding hydrogens is 216 g/mol. The van der Waals surface area contributed by atoms with Crippen LogP contribution in [0.5, 0.6) is 0 Å². The fourth-order valence-corrected chi connectivity index (χ4v) is 2.36. The van der Waals surface area contributed by atoms with Crippen LogP contribution in [0.2, 0.25) is 0 Å². The molecule has 0 spiro atoms. The van der Waals surface area contributed by atoms with Crippen molar-refractivity contribution in [2.24, 2.45) is 0 Å². The quantitative estimate of drug-likeness (QED) is 0.871. The van der Waals surface area contributed by atoms with Crippen LogP contribution in [0.15, 0.2) is 24.3 Å². The Morgan fingerprint density at radius 1 is 1.53 bits per heavy atom. The maximum absolute atomic E-state index is 10.7. The van der Waals surface area contributed by atoms with Crippen molar-refractivity contribution in [2.45, 2.75) is 38.2 Å². The molecule has 17 heavy (non-hydrogen) atoms. The van der Waals surface area contributed by atoms with E-state index in [2.05, 4.69) is 18.2 Å². The fourth-order valence-electron chi connectivity index (χ4n) is 2.36. The highest BCUT2D eigenvalue weighted by atomic mass is 16.5. The largest absolute Gasteiger partial charge is 0.479 e. The Balaban J connectivity index is 2.01. The van der Waals surface area contributed by atoms with Gasteiger partial charge in [0, 0.05) is 5.92 Å². The third kappa shape index (κ3) is 2.86. The van der Waals surface area contributed by atoms with E-state index in [0.717, 1.165) is 19.3 Å². The molecule has 2 atom stereocenters. The van der Waals surface area contributed by atoms with Gasteiger partial charge < -0.3 is 9.84 Å². The van der Waals surface area contributed by atoms with Crippen LogP contribution in [0.3, 0.4) is 0 Å². The van der Waals surface area contributed by atoms with Crippen LogP contribution < -0.4 is 0 Å². The third-order valence-electron chi connectivity index (χ3n) is 3.39. The summed E-state index contributed by atoms with van der Waals surface area (Å²) >= 11 is 0. The monoisotopic (exact) mass is 234 g/mol. The predicted molar refractivity (Wildman–Crippen MR) is 65.2 cm³/mol. The summed E-state index contributed by atoms with van der Waals surface area (Å²) in [7, 11) is 0. The molecule has 1 aromatic rings. The summed E-state index contributed by atoms with van der Waals surface area (Å²) in [5.74, 6) is -0.546. The minimum Gasteiger partial charge on any atom is -0.479 e. The second-order valence-corrected chi connectivity index (χ2v) is 4.60. The van der Waals surface area contributed by atoms with E-state index in [0.29, 0.717) is 12.5 Å². The highest BCUT2D eigenvalue weighted by Crippen LogP contribution is 2.31. The van der Waals surface area contributed by atoms with Gasteiger partial charge in [-0.25, -0.2) is 4.79 Å². The smallest absolute Gasteiger partial charge is 0.332 e. The molecule has 1 aromatic carbocycles. The van der Waals surface area contributed by atoms with E-state index >= 15 is 0 Å². The molecule has 0 bridgehead atoms. The number of rotatable bonds is 4. The lowest BCUT2D eigenvalue weighted by Gasteiger charge is -2.25. The molecular formula is C14H18O3. The van der Waals surface area contributed by atoms with Gasteiger partial charge in [-0.2, -0.15) is 0 Å². The van der Waals surface area contributed by atoms with Crippen LogP contribution in [0.1, 0.15) is 36.8 Å². The van der Waals surface area contributed by atoms with Gasteiger partial charge in [-0.1, -0.05) is 24.3 Å². The minimum absolute atomic E-state index is 0.349. The zero-order valence-electron chi connectivity index (χ0n) is 10.1. The number of hydrogen-bond acceptors (Lipinski definition) is 2. The Labute approximate surface area is 101 Å². The van der Waals surface area contributed by atoms with Crippen molar-refractivity contribution in [1.82, 2.24) is 0 Å². The highest BCUT2D eigenvalue weighted by Gasteiger charge is 2.21. The number of hydrogen-bond donors (Lipinski definition) is 1. The Morgan fingerprint density at radius 3 is 3.06 bits per heavy atom. The summed E-state index contributed by atoms with van der Waals surface area (Å²) in [5.41, 5.74) is 2.71. The summed E-state index contributed by atoms with van der Waals surface area (Å²) < 4.78 is 5.40. The molecule has 3 heteroatoms. The van der Waals surface area contributed by atoms with Crippen LogP contribution in [0, 0.1) is 0 Å². The maximum Gasteiger partial charge on any atom is 0.332 e. The van der Waals surface area contributed by atoms with Gasteiger partial charge in [0.25, 0.3) is 0 Å². The molecule has 1 unspecified atom stereocenters. The van der Waals surface area contributed by atoms with Crippen molar-refractivity contribution in [3.63, 3.8) is 0 Å². The Morgan fingerprint density at radius 2 is 2.29 bits per heavy atom. The summed E-state index contributed by atoms with van der Waals surface area (Å²) in [4.78, 5) is 10.7. The van der Waals surface area contributed by atoms with Gasteiger partial charge in [0.15, 0.2) is 6.10 Å². The number of carbonyl (C=O) groups is 1. The van der Waals surface area contributed by atoms with Crippen molar-refractivity contribution in [3.8, 4) is 0 Å². The number of benzene rings is 1. The van der Waals surface area contributed by atoms with E-state index in [9.17, 15) is 4.79 Å². The molecule has 3 nitrogen and oxygen atoms in total. The van der Waals surface area contributed by atoms with E-state index in [1.165, 1.54) is 11.1 Å². The Bertz CT molecular complexity index is 400. The van der Waals surface area contributed by atoms with E-state index in [1.54, 1.807) is 6.92 Å². The van der Waals surface area contributed by atoms with Crippen LogP contribution in [0.25, 0.3) is 0 Å². The van der Waals surface area contributed by atoms with Gasteiger partial charge in [-0.05, 0) is 37.3 Å². The van der Waals surface area contributed by atoms with Crippen LogP contribution in [-0.4, -0.2) is 23.8 Å². The standard InChI is InChI=1S/C14H18O3/c1-10(14(15)16)17-9-12-7-4-6-11-5-2-3-8-13(11)12/h2-3,5,8,10,12H,4,6-7,9H2,1H3,(H,15,16)/t10-,12?/m1/s1. The molecule has 1 aliphatic carbocycles. The van der Waals surface area contributed by atoms with Gasteiger partial charge in [0.1, 0.15) is 0 Å². The van der Waals surface area contributed by atoms with Crippen molar-refractivity contribution < 1.29 is 14.6 Å². The van der Waals surface area contributed by atoms with Gasteiger partial charge in [0.2, 0.25) is 0 Å². The second kappa shape index (κ2) is 5.32. The first-order chi connectivity index (χ1) is 8.18. The Kier molecular flexibility index (Phi) is 3.79. The highest BCUT2D eigenvalue weighted by molar-refractivity contribution is 5.71. The molecule has 0 aliphatic heterocycles.